The number of urea groups is 1. The molecule has 4 rings (SSSR count). The number of piperidine rings is 1. The Labute approximate surface area is 165 Å². The van der Waals surface area contributed by atoms with Gasteiger partial charge in [0.25, 0.3) is 0 Å². The van der Waals surface area contributed by atoms with Gasteiger partial charge in [0, 0.05) is 25.6 Å². The second kappa shape index (κ2) is 8.33. The predicted octanol–water partition coefficient (Wildman–Crippen LogP) is 3.03. The van der Waals surface area contributed by atoms with Crippen molar-refractivity contribution in [1.82, 2.24) is 10.2 Å². The van der Waals surface area contributed by atoms with E-state index in [1.54, 1.807) is 4.90 Å². The molecule has 2 aliphatic rings. The Morgan fingerprint density at radius 3 is 2.46 bits per heavy atom. The fraction of sp³-hybridized carbons (Fsp3) is 0.364. The van der Waals surface area contributed by atoms with Gasteiger partial charge >= 0.3 is 6.03 Å². The van der Waals surface area contributed by atoms with Crippen LogP contribution in [0.4, 0.5) is 10.5 Å². The van der Waals surface area contributed by atoms with Gasteiger partial charge in [0.2, 0.25) is 5.91 Å². The molecule has 0 unspecified atom stereocenters. The molecule has 0 aliphatic carbocycles. The topological polar surface area (TPSA) is 61.9 Å². The number of carbonyl (C=O) groups excluding carboxylic acids is 2. The van der Waals surface area contributed by atoms with E-state index in [1.807, 2.05) is 59.5 Å². The van der Waals surface area contributed by atoms with E-state index in [4.69, 9.17) is 4.74 Å². The van der Waals surface area contributed by atoms with Gasteiger partial charge in [-0.2, -0.15) is 0 Å². The summed E-state index contributed by atoms with van der Waals surface area (Å²) in [7, 11) is 0. The maximum Gasteiger partial charge on any atom is 0.324 e. The third-order valence-corrected chi connectivity index (χ3v) is 5.41. The maximum absolute atomic E-state index is 13.0. The Morgan fingerprint density at radius 1 is 0.964 bits per heavy atom. The smallest absolute Gasteiger partial charge is 0.324 e. The van der Waals surface area contributed by atoms with Crippen LogP contribution in [-0.4, -0.2) is 43.1 Å². The van der Waals surface area contributed by atoms with Crippen LogP contribution in [0.15, 0.2) is 54.6 Å². The van der Waals surface area contributed by atoms with Crippen molar-refractivity contribution in [2.24, 2.45) is 5.92 Å². The summed E-state index contributed by atoms with van der Waals surface area (Å²) < 4.78 is 5.64. The zero-order valence-corrected chi connectivity index (χ0v) is 15.8. The van der Waals surface area contributed by atoms with E-state index in [9.17, 15) is 9.59 Å². The molecule has 1 fully saturated rings. The molecule has 0 aromatic heterocycles. The SMILES string of the molecule is O=C(NCc1ccccc1)C1CCN(C(=O)N2CCOc3ccccc32)CC1. The number of hydrogen-bond acceptors (Lipinski definition) is 3. The lowest BCUT2D eigenvalue weighted by Gasteiger charge is -2.37. The molecule has 2 aromatic rings. The molecule has 6 nitrogen and oxygen atoms in total. The summed E-state index contributed by atoms with van der Waals surface area (Å²) >= 11 is 0. The highest BCUT2D eigenvalue weighted by Crippen LogP contribution is 2.32. The number of nitrogens with zero attached hydrogens (tertiary/aromatic N) is 2. The largest absolute Gasteiger partial charge is 0.490 e. The number of hydrogen-bond donors (Lipinski definition) is 1. The van der Waals surface area contributed by atoms with E-state index < -0.39 is 0 Å². The molecule has 0 spiro atoms. The highest BCUT2D eigenvalue weighted by Gasteiger charge is 2.32. The van der Waals surface area contributed by atoms with Gasteiger partial charge in [0.1, 0.15) is 12.4 Å². The van der Waals surface area contributed by atoms with Crippen molar-refractivity contribution in [3.05, 3.63) is 60.2 Å². The van der Waals surface area contributed by atoms with Crippen LogP contribution < -0.4 is 15.0 Å². The highest BCUT2D eigenvalue weighted by molar-refractivity contribution is 5.94. The van der Waals surface area contributed by atoms with E-state index in [0.717, 1.165) is 17.0 Å². The molecule has 3 amide bonds. The summed E-state index contributed by atoms with van der Waals surface area (Å²) in [6.45, 7) is 2.79. The zero-order chi connectivity index (χ0) is 19.3. The molecular formula is C22H25N3O3. The molecule has 2 heterocycles. The number of amides is 3. The number of nitrogens with one attached hydrogen (secondary N) is 1. The Morgan fingerprint density at radius 2 is 1.68 bits per heavy atom. The number of likely N-dealkylation sites (tertiary alicyclic amines) is 1. The van der Waals surface area contributed by atoms with Crippen LogP contribution in [0, 0.1) is 5.92 Å². The van der Waals surface area contributed by atoms with Crippen LogP contribution >= 0.6 is 0 Å². The van der Waals surface area contributed by atoms with Crippen molar-refractivity contribution < 1.29 is 14.3 Å². The highest BCUT2D eigenvalue weighted by atomic mass is 16.5. The van der Waals surface area contributed by atoms with Gasteiger partial charge in [-0.1, -0.05) is 42.5 Å². The Kier molecular flexibility index (Phi) is 5.46. The van der Waals surface area contributed by atoms with Crippen molar-refractivity contribution in [1.29, 1.82) is 0 Å². The quantitative estimate of drug-likeness (QED) is 0.892. The van der Waals surface area contributed by atoms with Crippen molar-refractivity contribution in [3.8, 4) is 5.75 Å². The van der Waals surface area contributed by atoms with Crippen LogP contribution in [-0.2, 0) is 11.3 Å². The summed E-state index contributed by atoms with van der Waals surface area (Å²) in [6.07, 6.45) is 1.39. The van der Waals surface area contributed by atoms with E-state index in [1.165, 1.54) is 0 Å². The molecule has 2 aliphatic heterocycles. The summed E-state index contributed by atoms with van der Waals surface area (Å²) in [6, 6.07) is 17.5. The Bertz CT molecular complexity index is 832. The minimum Gasteiger partial charge on any atom is -0.490 e. The van der Waals surface area contributed by atoms with E-state index in [-0.39, 0.29) is 17.9 Å². The van der Waals surface area contributed by atoms with Gasteiger partial charge in [-0.3, -0.25) is 9.69 Å². The average molecular weight is 379 g/mol. The first kappa shape index (κ1) is 18.3. The first-order valence-corrected chi connectivity index (χ1v) is 9.82. The van der Waals surface area contributed by atoms with Crippen molar-refractivity contribution in [2.75, 3.05) is 31.1 Å². The van der Waals surface area contributed by atoms with Crippen LogP contribution in [0.25, 0.3) is 0 Å². The van der Waals surface area contributed by atoms with Gasteiger partial charge in [-0.05, 0) is 30.5 Å². The zero-order valence-electron chi connectivity index (χ0n) is 15.8. The van der Waals surface area contributed by atoms with Crippen LogP contribution in [0.1, 0.15) is 18.4 Å². The number of para-hydroxylation sites is 2. The van der Waals surface area contributed by atoms with Gasteiger partial charge in [0.05, 0.1) is 12.2 Å². The standard InChI is InChI=1S/C22H25N3O3/c26-21(23-16-17-6-2-1-3-7-17)18-10-12-24(13-11-18)22(27)25-14-15-28-20-9-5-4-8-19(20)25/h1-9,18H,10-16H2,(H,23,26). The number of carbonyl (C=O) groups is 2. The van der Waals surface area contributed by atoms with Gasteiger partial charge in [-0.25, -0.2) is 4.79 Å². The molecule has 0 atom stereocenters. The fourth-order valence-electron chi connectivity index (χ4n) is 3.80. The van der Waals surface area contributed by atoms with Gasteiger partial charge in [0.15, 0.2) is 0 Å². The van der Waals surface area contributed by atoms with E-state index in [0.29, 0.717) is 45.6 Å². The molecule has 0 bridgehead atoms. The molecular weight excluding hydrogens is 354 g/mol. The van der Waals surface area contributed by atoms with Crippen LogP contribution in [0.5, 0.6) is 5.75 Å². The lowest BCUT2D eigenvalue weighted by Crippen LogP contribution is -2.50. The second-order valence-electron chi connectivity index (χ2n) is 7.22. The number of anilines is 1. The van der Waals surface area contributed by atoms with E-state index >= 15 is 0 Å². The summed E-state index contributed by atoms with van der Waals surface area (Å²) in [4.78, 5) is 29.1. The molecule has 2 aromatic carbocycles. The van der Waals surface area contributed by atoms with Gasteiger partial charge < -0.3 is 15.0 Å². The number of fused-ring (bicyclic) bond motifs is 1. The molecule has 146 valence electrons. The van der Waals surface area contributed by atoms with Crippen molar-refractivity contribution in [3.63, 3.8) is 0 Å². The number of benzene rings is 2. The van der Waals surface area contributed by atoms with Crippen LogP contribution in [0.2, 0.25) is 0 Å². The lowest BCUT2D eigenvalue weighted by molar-refractivity contribution is -0.126. The number of rotatable bonds is 3. The van der Waals surface area contributed by atoms with Crippen molar-refractivity contribution >= 4 is 17.6 Å². The maximum atomic E-state index is 13.0. The first-order valence-electron chi connectivity index (χ1n) is 9.82. The minimum atomic E-state index is -0.0373. The molecule has 0 saturated carbocycles. The first-order chi connectivity index (χ1) is 13.7. The minimum absolute atomic E-state index is 0.00102. The van der Waals surface area contributed by atoms with E-state index in [2.05, 4.69) is 5.32 Å². The third kappa shape index (κ3) is 3.96. The normalized spacial score (nSPS) is 16.9. The van der Waals surface area contributed by atoms with Crippen molar-refractivity contribution in [2.45, 2.75) is 19.4 Å². The predicted molar refractivity (Wildman–Crippen MR) is 107 cm³/mol. The summed E-state index contributed by atoms with van der Waals surface area (Å²) in [5.41, 5.74) is 1.91. The Hall–Kier alpha value is -3.02. The molecule has 1 saturated heterocycles. The number of ether oxygens (including phenoxy) is 1. The third-order valence-electron chi connectivity index (χ3n) is 5.41. The molecule has 28 heavy (non-hydrogen) atoms. The average Bonchev–Trinajstić information content (AvgIpc) is 2.77. The summed E-state index contributed by atoms with van der Waals surface area (Å²) in [5.74, 6) is 0.787. The molecule has 6 heteroatoms. The van der Waals surface area contributed by atoms with Gasteiger partial charge in [-0.15, -0.1) is 0 Å². The molecule has 0 radical (unpaired) electrons. The molecule has 1 N–H and O–H groups in total. The van der Waals surface area contributed by atoms with Crippen LogP contribution in [0.3, 0.4) is 0 Å². The lowest BCUT2D eigenvalue weighted by atomic mass is 9.96. The Balaban J connectivity index is 1.30. The summed E-state index contributed by atoms with van der Waals surface area (Å²) in [5, 5.41) is 3.02. The second-order valence-corrected chi connectivity index (χ2v) is 7.22. The monoisotopic (exact) mass is 379 g/mol. The fourth-order valence-corrected chi connectivity index (χ4v) is 3.80.